The van der Waals surface area contributed by atoms with E-state index in [1.54, 1.807) is 36.3 Å². The predicted molar refractivity (Wildman–Crippen MR) is 159 cm³/mol. The highest BCUT2D eigenvalue weighted by atomic mass is 16.5. The van der Waals surface area contributed by atoms with Gasteiger partial charge in [-0.3, -0.25) is 14.4 Å². The molecule has 4 aromatic rings. The van der Waals surface area contributed by atoms with Crippen LogP contribution in [0.1, 0.15) is 23.2 Å². The molecule has 3 amide bonds. The van der Waals surface area contributed by atoms with Crippen molar-refractivity contribution in [1.82, 2.24) is 9.80 Å². The molecule has 0 aliphatic carbocycles. The van der Waals surface area contributed by atoms with Crippen LogP contribution in [0.5, 0.6) is 5.75 Å². The van der Waals surface area contributed by atoms with E-state index in [-0.39, 0.29) is 24.3 Å². The van der Waals surface area contributed by atoms with Crippen LogP contribution in [0.4, 0.5) is 11.4 Å². The number of benzene rings is 4. The molecule has 0 aromatic heterocycles. The van der Waals surface area contributed by atoms with Gasteiger partial charge in [0.1, 0.15) is 17.8 Å². The van der Waals surface area contributed by atoms with Gasteiger partial charge in [0.05, 0.1) is 13.8 Å². The van der Waals surface area contributed by atoms with Gasteiger partial charge >= 0.3 is 0 Å². The van der Waals surface area contributed by atoms with Gasteiger partial charge in [0.2, 0.25) is 5.91 Å². The van der Waals surface area contributed by atoms with Crippen LogP contribution in [0.2, 0.25) is 0 Å². The average Bonchev–Trinajstić information content (AvgIpc) is 3.27. The molecule has 41 heavy (non-hydrogen) atoms. The number of nitrogens with one attached hydrogen (secondary N) is 1. The van der Waals surface area contributed by atoms with Gasteiger partial charge in [0.25, 0.3) is 11.8 Å². The van der Waals surface area contributed by atoms with Crippen molar-refractivity contribution >= 4 is 39.9 Å². The summed E-state index contributed by atoms with van der Waals surface area (Å²) in [5, 5.41) is 4.83. The molecule has 1 spiro atoms. The van der Waals surface area contributed by atoms with Gasteiger partial charge in [-0.25, -0.2) is 0 Å². The molecule has 2 aliphatic heterocycles. The maximum absolute atomic E-state index is 14.1. The van der Waals surface area contributed by atoms with Crippen LogP contribution in [0, 0.1) is 0 Å². The maximum Gasteiger partial charge on any atom is 0.254 e. The zero-order valence-corrected chi connectivity index (χ0v) is 23.0. The Labute approximate surface area is 239 Å². The van der Waals surface area contributed by atoms with Crippen molar-refractivity contribution in [2.45, 2.75) is 18.4 Å². The summed E-state index contributed by atoms with van der Waals surface area (Å²) in [6.07, 6.45) is 0.955. The number of para-hydroxylation sites is 1. The summed E-state index contributed by atoms with van der Waals surface area (Å²) in [7, 11) is 1.57. The highest BCUT2D eigenvalue weighted by Gasteiger charge is 2.54. The number of likely N-dealkylation sites (tertiary alicyclic amines) is 1. The van der Waals surface area contributed by atoms with Gasteiger partial charge in [0, 0.05) is 36.1 Å². The molecule has 6 rings (SSSR count). The number of anilines is 2. The molecule has 0 atom stereocenters. The molecule has 2 saturated heterocycles. The highest BCUT2D eigenvalue weighted by molar-refractivity contribution is 6.07. The first kappa shape index (κ1) is 26.4. The molecule has 4 aromatic carbocycles. The molecule has 8 heteroatoms. The lowest BCUT2D eigenvalue weighted by atomic mass is 9.85. The lowest BCUT2D eigenvalue weighted by molar-refractivity contribution is -0.136. The fourth-order valence-electron chi connectivity index (χ4n) is 6.06. The van der Waals surface area contributed by atoms with Crippen LogP contribution >= 0.6 is 0 Å². The summed E-state index contributed by atoms with van der Waals surface area (Å²) >= 11 is 0. The number of ether oxygens (including phenoxy) is 1. The van der Waals surface area contributed by atoms with E-state index in [1.165, 1.54) is 0 Å². The largest absolute Gasteiger partial charge is 0.497 e. The first-order valence-electron chi connectivity index (χ1n) is 13.8. The van der Waals surface area contributed by atoms with Crippen molar-refractivity contribution in [2.75, 3.05) is 43.6 Å². The van der Waals surface area contributed by atoms with E-state index in [2.05, 4.69) is 10.2 Å². The third-order valence-corrected chi connectivity index (χ3v) is 8.17. The van der Waals surface area contributed by atoms with E-state index in [4.69, 9.17) is 4.74 Å². The number of amides is 3. The molecule has 1 N–H and O–H groups in total. The van der Waals surface area contributed by atoms with Crippen LogP contribution in [0.25, 0.3) is 10.8 Å². The molecular weight excluding hydrogens is 516 g/mol. The SMILES string of the molecule is COc1cccc(NC(=O)CN2CN(c3ccccc3)C3(CCN(C(=O)c4cccc5ccccc45)CC3)C2=O)c1. The van der Waals surface area contributed by atoms with Crippen molar-refractivity contribution in [3.63, 3.8) is 0 Å². The molecule has 0 bridgehead atoms. The second kappa shape index (κ2) is 11.0. The standard InChI is InChI=1S/C33H32N4O4/c1-41-27-14-8-11-25(21-27)34-30(38)22-36-23-37(26-12-3-2-4-13-26)33(32(36)40)17-19-35(20-18-33)31(39)29-16-7-10-24-9-5-6-15-28(24)29/h2-16,21H,17-20,22-23H2,1H3,(H,34,38). The number of carbonyl (C=O) groups excluding carboxylic acids is 3. The topological polar surface area (TPSA) is 82.2 Å². The Hall–Kier alpha value is -4.85. The summed E-state index contributed by atoms with van der Waals surface area (Å²) in [5.41, 5.74) is 1.38. The number of rotatable bonds is 6. The molecule has 2 fully saturated rings. The predicted octanol–water partition coefficient (Wildman–Crippen LogP) is 4.77. The lowest BCUT2D eigenvalue weighted by Gasteiger charge is -2.43. The number of carbonyl (C=O) groups is 3. The molecular formula is C33H32N4O4. The lowest BCUT2D eigenvalue weighted by Crippen LogP contribution is -2.57. The summed E-state index contributed by atoms with van der Waals surface area (Å²) in [5.74, 6) is 0.251. The fraction of sp³-hybridized carbons (Fsp3) is 0.242. The van der Waals surface area contributed by atoms with E-state index in [9.17, 15) is 14.4 Å². The van der Waals surface area contributed by atoms with Crippen molar-refractivity contribution in [1.29, 1.82) is 0 Å². The second-order valence-electron chi connectivity index (χ2n) is 10.5. The Balaban J connectivity index is 1.21. The van der Waals surface area contributed by atoms with Gasteiger partial charge in [-0.15, -0.1) is 0 Å². The summed E-state index contributed by atoms with van der Waals surface area (Å²) in [6, 6.07) is 30.6. The number of nitrogens with zero attached hydrogens (tertiary/aromatic N) is 3. The zero-order chi connectivity index (χ0) is 28.4. The first-order valence-corrected chi connectivity index (χ1v) is 13.8. The van der Waals surface area contributed by atoms with Crippen LogP contribution in [0.15, 0.2) is 97.1 Å². The first-order chi connectivity index (χ1) is 20.0. The Kier molecular flexibility index (Phi) is 7.05. The van der Waals surface area contributed by atoms with E-state index in [0.29, 0.717) is 49.6 Å². The van der Waals surface area contributed by atoms with Gasteiger partial charge in [-0.05, 0) is 53.9 Å². The van der Waals surface area contributed by atoms with Gasteiger partial charge in [0.15, 0.2) is 0 Å². The number of hydrogen-bond donors (Lipinski definition) is 1. The Morgan fingerprint density at radius 2 is 1.59 bits per heavy atom. The van der Waals surface area contributed by atoms with Crippen LogP contribution in [-0.4, -0.2) is 66.5 Å². The van der Waals surface area contributed by atoms with Crippen LogP contribution in [-0.2, 0) is 9.59 Å². The Morgan fingerprint density at radius 3 is 2.37 bits per heavy atom. The molecule has 8 nitrogen and oxygen atoms in total. The van der Waals surface area contributed by atoms with E-state index < -0.39 is 5.54 Å². The summed E-state index contributed by atoms with van der Waals surface area (Å²) < 4.78 is 5.25. The van der Waals surface area contributed by atoms with Crippen molar-refractivity contribution in [3.8, 4) is 5.75 Å². The summed E-state index contributed by atoms with van der Waals surface area (Å²) in [4.78, 5) is 46.3. The molecule has 0 radical (unpaired) electrons. The third kappa shape index (κ3) is 4.97. The minimum Gasteiger partial charge on any atom is -0.497 e. The fourth-order valence-corrected chi connectivity index (χ4v) is 6.06. The van der Waals surface area contributed by atoms with Gasteiger partial charge in [-0.2, -0.15) is 0 Å². The molecule has 2 aliphatic rings. The highest BCUT2D eigenvalue weighted by Crippen LogP contribution is 2.40. The van der Waals surface area contributed by atoms with Crippen LogP contribution < -0.4 is 15.0 Å². The number of methoxy groups -OCH3 is 1. The number of hydrogen-bond acceptors (Lipinski definition) is 5. The van der Waals surface area contributed by atoms with E-state index in [1.807, 2.05) is 77.7 Å². The minimum absolute atomic E-state index is 0.0251. The van der Waals surface area contributed by atoms with Crippen molar-refractivity contribution < 1.29 is 19.1 Å². The monoisotopic (exact) mass is 548 g/mol. The molecule has 2 heterocycles. The summed E-state index contributed by atoms with van der Waals surface area (Å²) in [6.45, 7) is 1.12. The average molecular weight is 549 g/mol. The third-order valence-electron chi connectivity index (χ3n) is 8.17. The van der Waals surface area contributed by atoms with Crippen molar-refractivity contribution in [2.24, 2.45) is 0 Å². The van der Waals surface area contributed by atoms with Crippen LogP contribution in [0.3, 0.4) is 0 Å². The van der Waals surface area contributed by atoms with Gasteiger partial charge in [-0.1, -0.05) is 60.7 Å². The zero-order valence-electron chi connectivity index (χ0n) is 23.0. The molecule has 0 saturated carbocycles. The second-order valence-corrected chi connectivity index (χ2v) is 10.5. The number of piperidine rings is 1. The quantitative estimate of drug-likeness (QED) is 0.376. The van der Waals surface area contributed by atoms with E-state index >= 15 is 0 Å². The molecule has 208 valence electrons. The van der Waals surface area contributed by atoms with Crippen molar-refractivity contribution in [3.05, 3.63) is 103 Å². The Bertz CT molecular complexity index is 1590. The normalized spacial score (nSPS) is 16.3. The van der Waals surface area contributed by atoms with E-state index in [0.717, 1.165) is 16.5 Å². The number of fused-ring (bicyclic) bond motifs is 1. The minimum atomic E-state index is -0.826. The van der Waals surface area contributed by atoms with Gasteiger partial charge < -0.3 is 24.8 Å². The Morgan fingerprint density at radius 1 is 0.878 bits per heavy atom. The smallest absolute Gasteiger partial charge is 0.254 e. The maximum atomic E-state index is 14.1. The molecule has 0 unspecified atom stereocenters.